The number of hydroxylamine groups is 2. The van der Waals surface area contributed by atoms with E-state index in [0.717, 1.165) is 49.1 Å². The van der Waals surface area contributed by atoms with Gasteiger partial charge >= 0.3 is 0 Å². The molecule has 1 aliphatic carbocycles. The molecule has 1 aliphatic heterocycles. The molecule has 0 bridgehead atoms. The number of halogens is 1. The first-order valence-electron chi connectivity index (χ1n) is 11.7. The van der Waals surface area contributed by atoms with Crippen LogP contribution in [-0.4, -0.2) is 38.7 Å². The Morgan fingerprint density at radius 1 is 1.24 bits per heavy atom. The Hall–Kier alpha value is -3.51. The van der Waals surface area contributed by atoms with E-state index in [1.807, 2.05) is 29.9 Å². The molecule has 8 nitrogen and oxygen atoms in total. The van der Waals surface area contributed by atoms with E-state index in [9.17, 15) is 9.18 Å². The number of amides is 1. The topological polar surface area (TPSA) is 96.1 Å². The second kappa shape index (κ2) is 9.39. The fraction of sp³-hybridized carbons (Fsp3) is 0.440. The van der Waals surface area contributed by atoms with Gasteiger partial charge in [-0.05, 0) is 61.4 Å². The highest BCUT2D eigenvalue weighted by Gasteiger charge is 2.37. The fourth-order valence-corrected chi connectivity index (χ4v) is 5.11. The predicted molar refractivity (Wildman–Crippen MR) is 124 cm³/mol. The average molecular weight is 463 g/mol. The Labute approximate surface area is 197 Å². The highest BCUT2D eigenvalue weighted by Crippen LogP contribution is 2.37. The molecule has 2 aliphatic rings. The first kappa shape index (κ1) is 22.3. The number of benzene rings is 1. The van der Waals surface area contributed by atoms with Crippen molar-refractivity contribution in [1.29, 1.82) is 5.26 Å². The van der Waals surface area contributed by atoms with Gasteiger partial charge in [0.25, 0.3) is 0 Å². The molecule has 1 N–H and O–H groups in total. The van der Waals surface area contributed by atoms with E-state index < -0.39 is 5.82 Å². The van der Waals surface area contributed by atoms with Gasteiger partial charge in [-0.3, -0.25) is 9.63 Å². The smallest absolute Gasteiger partial charge is 0.249 e. The van der Waals surface area contributed by atoms with Crippen molar-refractivity contribution in [3.05, 3.63) is 53.7 Å². The van der Waals surface area contributed by atoms with Crippen molar-refractivity contribution in [2.45, 2.75) is 38.1 Å². The lowest BCUT2D eigenvalue weighted by atomic mass is 9.81. The van der Waals surface area contributed by atoms with Crippen LogP contribution in [0, 0.1) is 29.0 Å². The third kappa shape index (κ3) is 4.33. The Balaban J connectivity index is 1.19. The molecule has 2 aromatic heterocycles. The summed E-state index contributed by atoms with van der Waals surface area (Å²) in [7, 11) is 1.96. The first-order chi connectivity index (χ1) is 16.5. The minimum atomic E-state index is -0.474. The number of nitriles is 1. The Kier molecular flexibility index (Phi) is 6.16. The molecule has 5 rings (SSSR count). The number of aromatic nitrogens is 3. The number of rotatable bonds is 5. The lowest BCUT2D eigenvalue weighted by molar-refractivity contribution is -0.183. The molecular formula is C25H27FN6O2. The van der Waals surface area contributed by atoms with Crippen LogP contribution in [-0.2, 0) is 16.7 Å². The molecule has 0 spiro atoms. The maximum absolute atomic E-state index is 14.0. The fourth-order valence-electron chi connectivity index (χ4n) is 5.11. The quantitative estimate of drug-likeness (QED) is 0.613. The standard InChI is InChI=1S/C25H27FN6O2/c1-31-8-6-21-23(29-15-30-24(21)31)28-14-16-2-4-18(5-3-16)25(33)32-22(7-9-34-32)19-10-17(13-27)11-20(26)12-19/h6,8,10-12,15-16,18,22H,2-5,7,9,14H2,1H3,(H,28,29,30)/t16-,18-,22-/m0/s1. The zero-order valence-corrected chi connectivity index (χ0v) is 19.1. The molecule has 9 heteroatoms. The summed E-state index contributed by atoms with van der Waals surface area (Å²) in [5.74, 6) is 0.662. The van der Waals surface area contributed by atoms with Gasteiger partial charge in [0, 0.05) is 32.1 Å². The molecule has 1 aromatic carbocycles. The van der Waals surface area contributed by atoms with Crippen LogP contribution in [0.1, 0.15) is 49.3 Å². The predicted octanol–water partition coefficient (Wildman–Crippen LogP) is 4.10. The number of carbonyl (C=O) groups excluding carboxylic acids is 1. The third-order valence-electron chi connectivity index (χ3n) is 6.97. The van der Waals surface area contributed by atoms with Crippen molar-refractivity contribution in [1.82, 2.24) is 19.6 Å². The van der Waals surface area contributed by atoms with Crippen LogP contribution in [0.25, 0.3) is 11.0 Å². The van der Waals surface area contributed by atoms with E-state index in [0.29, 0.717) is 24.5 Å². The minimum Gasteiger partial charge on any atom is -0.369 e. The summed E-state index contributed by atoms with van der Waals surface area (Å²) >= 11 is 0. The Bertz CT molecular complexity index is 1240. The summed E-state index contributed by atoms with van der Waals surface area (Å²) in [5, 5.41) is 15.1. The Morgan fingerprint density at radius 2 is 2.06 bits per heavy atom. The number of fused-ring (bicyclic) bond motifs is 1. The molecule has 34 heavy (non-hydrogen) atoms. The van der Waals surface area contributed by atoms with Gasteiger partial charge in [0.1, 0.15) is 23.6 Å². The number of nitrogens with one attached hydrogen (secondary N) is 1. The molecular weight excluding hydrogens is 435 g/mol. The van der Waals surface area contributed by atoms with Crippen LogP contribution in [0.15, 0.2) is 36.8 Å². The van der Waals surface area contributed by atoms with E-state index in [-0.39, 0.29) is 23.4 Å². The molecule has 1 saturated heterocycles. The second-order valence-electron chi connectivity index (χ2n) is 9.17. The normalized spacial score (nSPS) is 22.6. The largest absolute Gasteiger partial charge is 0.369 e. The van der Waals surface area contributed by atoms with Crippen molar-refractivity contribution in [2.24, 2.45) is 18.9 Å². The van der Waals surface area contributed by atoms with Crippen molar-refractivity contribution < 1.29 is 14.0 Å². The van der Waals surface area contributed by atoms with E-state index in [1.54, 1.807) is 12.4 Å². The number of anilines is 1. The summed E-state index contributed by atoms with van der Waals surface area (Å²) in [6.45, 7) is 1.20. The maximum atomic E-state index is 14.0. The van der Waals surface area contributed by atoms with Crippen LogP contribution in [0.3, 0.4) is 0 Å². The van der Waals surface area contributed by atoms with Gasteiger partial charge in [-0.1, -0.05) is 0 Å². The van der Waals surface area contributed by atoms with E-state index >= 15 is 0 Å². The van der Waals surface area contributed by atoms with Crippen molar-refractivity contribution in [3.63, 3.8) is 0 Å². The summed E-state index contributed by atoms with van der Waals surface area (Å²) in [6.07, 6.45) is 7.58. The second-order valence-corrected chi connectivity index (χ2v) is 9.17. The lowest BCUT2D eigenvalue weighted by Gasteiger charge is -2.32. The molecule has 176 valence electrons. The summed E-state index contributed by atoms with van der Waals surface area (Å²) in [5.41, 5.74) is 1.75. The molecule has 1 atom stereocenters. The zero-order chi connectivity index (χ0) is 23.7. The van der Waals surface area contributed by atoms with Crippen molar-refractivity contribution in [2.75, 3.05) is 18.5 Å². The monoisotopic (exact) mass is 462 g/mol. The molecule has 3 heterocycles. The number of hydrogen-bond donors (Lipinski definition) is 1. The lowest BCUT2D eigenvalue weighted by Crippen LogP contribution is -2.37. The molecule has 3 aromatic rings. The molecule has 2 fully saturated rings. The number of carbonyl (C=O) groups is 1. The summed E-state index contributed by atoms with van der Waals surface area (Å²) < 4.78 is 15.9. The highest BCUT2D eigenvalue weighted by atomic mass is 19.1. The van der Waals surface area contributed by atoms with E-state index in [2.05, 4.69) is 15.3 Å². The van der Waals surface area contributed by atoms with E-state index in [4.69, 9.17) is 10.1 Å². The maximum Gasteiger partial charge on any atom is 0.249 e. The minimum absolute atomic E-state index is 0.0431. The molecule has 0 radical (unpaired) electrons. The van der Waals surface area contributed by atoms with Gasteiger partial charge in [0.2, 0.25) is 5.91 Å². The van der Waals surface area contributed by atoms with Gasteiger partial charge in [-0.25, -0.2) is 19.4 Å². The van der Waals surface area contributed by atoms with Crippen molar-refractivity contribution >= 4 is 22.8 Å². The number of aryl methyl sites for hydroxylation is 1. The SMILES string of the molecule is Cn1ccc2c(NC[C@H]3CC[C@H](C(=O)N4OCC[C@H]4c4cc(F)cc(C#N)c4)CC3)ncnc21. The average Bonchev–Trinajstić information content (AvgIpc) is 3.50. The Morgan fingerprint density at radius 3 is 2.85 bits per heavy atom. The number of nitrogens with zero attached hydrogens (tertiary/aromatic N) is 5. The molecule has 0 unspecified atom stereocenters. The van der Waals surface area contributed by atoms with Crippen LogP contribution < -0.4 is 5.32 Å². The van der Waals surface area contributed by atoms with E-state index in [1.165, 1.54) is 17.2 Å². The van der Waals surface area contributed by atoms with Gasteiger partial charge < -0.3 is 9.88 Å². The molecule has 1 saturated carbocycles. The van der Waals surface area contributed by atoms with Gasteiger partial charge in [-0.15, -0.1) is 0 Å². The van der Waals surface area contributed by atoms with Crippen molar-refractivity contribution in [3.8, 4) is 6.07 Å². The molecule has 1 amide bonds. The summed E-state index contributed by atoms with van der Waals surface area (Å²) in [4.78, 5) is 27.7. The van der Waals surface area contributed by atoms with Crippen LogP contribution >= 0.6 is 0 Å². The van der Waals surface area contributed by atoms with Gasteiger partial charge in [-0.2, -0.15) is 5.26 Å². The number of hydrogen-bond acceptors (Lipinski definition) is 6. The van der Waals surface area contributed by atoms with Crippen LogP contribution in [0.4, 0.5) is 10.2 Å². The van der Waals surface area contributed by atoms with Crippen LogP contribution in [0.5, 0.6) is 0 Å². The third-order valence-corrected chi connectivity index (χ3v) is 6.97. The highest BCUT2D eigenvalue weighted by molar-refractivity contribution is 5.87. The first-order valence-corrected chi connectivity index (χ1v) is 11.7. The summed E-state index contributed by atoms with van der Waals surface area (Å²) in [6, 6.07) is 7.86. The van der Waals surface area contributed by atoms with Gasteiger partial charge in [0.05, 0.1) is 29.7 Å². The van der Waals surface area contributed by atoms with Crippen LogP contribution in [0.2, 0.25) is 0 Å². The zero-order valence-electron chi connectivity index (χ0n) is 19.1. The van der Waals surface area contributed by atoms with Gasteiger partial charge in [0.15, 0.2) is 0 Å².